The molecular weight excluding hydrogens is 294 g/mol. The molecule has 0 radical (unpaired) electrons. The Bertz CT molecular complexity index is 411. The van der Waals surface area contributed by atoms with Crippen LogP contribution in [0.4, 0.5) is 0 Å². The van der Waals surface area contributed by atoms with E-state index in [0.29, 0.717) is 6.54 Å². The molecule has 1 amide bonds. The zero-order valence-corrected chi connectivity index (χ0v) is 14.6. The number of hydrogen-bond acceptors (Lipinski definition) is 5. The number of hydrogen-bond donors (Lipinski definition) is 1. The maximum Gasteiger partial charge on any atom is 0.240 e. The zero-order valence-electron chi connectivity index (χ0n) is 14.6. The van der Waals surface area contributed by atoms with Crippen molar-refractivity contribution in [2.75, 3.05) is 59.2 Å². The third-order valence-electron chi connectivity index (χ3n) is 5.77. The predicted octanol–water partition coefficient (Wildman–Crippen LogP) is 0.468. The molecule has 2 heterocycles. The van der Waals surface area contributed by atoms with Crippen molar-refractivity contribution >= 4 is 5.91 Å². The quantitative estimate of drug-likeness (QED) is 0.796. The highest BCUT2D eigenvalue weighted by molar-refractivity contribution is 5.87. The second kappa shape index (κ2) is 7.05. The molecule has 0 atom stereocenters. The first-order valence-corrected chi connectivity index (χ1v) is 8.99. The van der Waals surface area contributed by atoms with Crippen LogP contribution in [-0.2, 0) is 14.3 Å². The highest BCUT2D eigenvalue weighted by atomic mass is 16.5. The molecule has 0 spiro atoms. The van der Waals surface area contributed by atoms with Crippen LogP contribution < -0.4 is 5.32 Å². The van der Waals surface area contributed by atoms with E-state index in [1.54, 1.807) is 0 Å². The summed E-state index contributed by atoms with van der Waals surface area (Å²) in [6, 6.07) is 0. The first-order chi connectivity index (χ1) is 11.0. The van der Waals surface area contributed by atoms with Crippen molar-refractivity contribution in [1.82, 2.24) is 15.1 Å². The maximum atomic E-state index is 12.9. The SMILES string of the molecule is CC(C)(CNC(=O)C1(N2CCOCC2)CCC1)N1CCOCC1. The number of carbonyl (C=O) groups excluding carboxylic acids is 1. The van der Waals surface area contributed by atoms with Gasteiger partial charge in [0, 0.05) is 38.3 Å². The molecular formula is C17H31N3O3. The minimum absolute atomic E-state index is 0.0324. The van der Waals surface area contributed by atoms with E-state index in [1.165, 1.54) is 0 Å². The van der Waals surface area contributed by atoms with Crippen molar-refractivity contribution in [1.29, 1.82) is 0 Å². The fraction of sp³-hybridized carbons (Fsp3) is 0.941. The molecule has 6 heteroatoms. The molecule has 2 aliphatic heterocycles. The van der Waals surface area contributed by atoms with Crippen molar-refractivity contribution in [3.8, 4) is 0 Å². The summed E-state index contributed by atoms with van der Waals surface area (Å²) in [5, 5.41) is 3.26. The molecule has 1 N–H and O–H groups in total. The van der Waals surface area contributed by atoms with Gasteiger partial charge in [-0.1, -0.05) is 0 Å². The molecule has 0 unspecified atom stereocenters. The Hall–Kier alpha value is -0.690. The first kappa shape index (κ1) is 17.1. The Kier molecular flexibility index (Phi) is 5.26. The summed E-state index contributed by atoms with van der Waals surface area (Å²) in [6.45, 7) is 11.8. The fourth-order valence-corrected chi connectivity index (χ4v) is 3.93. The summed E-state index contributed by atoms with van der Waals surface area (Å²) >= 11 is 0. The van der Waals surface area contributed by atoms with Gasteiger partial charge in [0.15, 0.2) is 0 Å². The Morgan fingerprint density at radius 2 is 1.61 bits per heavy atom. The largest absolute Gasteiger partial charge is 0.379 e. The van der Waals surface area contributed by atoms with Crippen molar-refractivity contribution in [3.63, 3.8) is 0 Å². The number of nitrogens with zero attached hydrogens (tertiary/aromatic N) is 2. The normalized spacial score (nSPS) is 26.5. The molecule has 3 fully saturated rings. The number of ether oxygens (including phenoxy) is 2. The van der Waals surface area contributed by atoms with Gasteiger partial charge in [0.2, 0.25) is 5.91 Å². The van der Waals surface area contributed by atoms with Gasteiger partial charge in [-0.3, -0.25) is 14.6 Å². The van der Waals surface area contributed by atoms with Crippen LogP contribution in [0.2, 0.25) is 0 Å². The van der Waals surface area contributed by atoms with Crippen LogP contribution in [0.15, 0.2) is 0 Å². The summed E-state index contributed by atoms with van der Waals surface area (Å²) in [7, 11) is 0. The molecule has 1 aliphatic carbocycles. The predicted molar refractivity (Wildman–Crippen MR) is 88.5 cm³/mol. The van der Waals surface area contributed by atoms with Gasteiger partial charge in [0.25, 0.3) is 0 Å². The Labute approximate surface area is 139 Å². The highest BCUT2D eigenvalue weighted by Gasteiger charge is 2.49. The lowest BCUT2D eigenvalue weighted by atomic mass is 9.74. The molecule has 1 saturated carbocycles. The van der Waals surface area contributed by atoms with Crippen molar-refractivity contribution < 1.29 is 14.3 Å². The summed E-state index contributed by atoms with van der Waals surface area (Å²) in [5.41, 5.74) is -0.305. The number of carbonyl (C=O) groups is 1. The molecule has 0 bridgehead atoms. The number of nitrogens with one attached hydrogen (secondary N) is 1. The Morgan fingerprint density at radius 3 is 2.13 bits per heavy atom. The maximum absolute atomic E-state index is 12.9. The van der Waals surface area contributed by atoms with Crippen molar-refractivity contribution in [2.45, 2.75) is 44.2 Å². The number of morpholine rings is 2. The molecule has 23 heavy (non-hydrogen) atoms. The fourth-order valence-electron chi connectivity index (χ4n) is 3.93. The lowest BCUT2D eigenvalue weighted by Gasteiger charge is -2.50. The van der Waals surface area contributed by atoms with Gasteiger partial charge in [0.05, 0.1) is 26.4 Å². The van der Waals surface area contributed by atoms with Crippen molar-refractivity contribution in [3.05, 3.63) is 0 Å². The molecule has 0 aromatic rings. The van der Waals surface area contributed by atoms with Gasteiger partial charge in [-0.15, -0.1) is 0 Å². The lowest BCUT2D eigenvalue weighted by Crippen LogP contribution is -2.66. The van der Waals surface area contributed by atoms with Crippen LogP contribution in [0.25, 0.3) is 0 Å². The van der Waals surface area contributed by atoms with E-state index in [1.807, 2.05) is 0 Å². The molecule has 2 saturated heterocycles. The van der Waals surface area contributed by atoms with Crippen LogP contribution >= 0.6 is 0 Å². The second-order valence-corrected chi connectivity index (χ2v) is 7.58. The topological polar surface area (TPSA) is 54.0 Å². The third-order valence-corrected chi connectivity index (χ3v) is 5.77. The van der Waals surface area contributed by atoms with Crippen LogP contribution in [0.1, 0.15) is 33.1 Å². The molecule has 3 rings (SSSR count). The van der Waals surface area contributed by atoms with Gasteiger partial charge < -0.3 is 14.8 Å². The Morgan fingerprint density at radius 1 is 1.04 bits per heavy atom. The van der Waals surface area contributed by atoms with E-state index in [9.17, 15) is 4.79 Å². The van der Waals surface area contributed by atoms with Gasteiger partial charge in [-0.2, -0.15) is 0 Å². The van der Waals surface area contributed by atoms with Gasteiger partial charge in [-0.25, -0.2) is 0 Å². The van der Waals surface area contributed by atoms with E-state index in [4.69, 9.17) is 9.47 Å². The van der Waals surface area contributed by atoms with Crippen LogP contribution in [0, 0.1) is 0 Å². The lowest BCUT2D eigenvalue weighted by molar-refractivity contribution is -0.145. The molecule has 132 valence electrons. The standard InChI is InChI=1S/C17H31N3O3/c1-16(2,19-6-10-22-11-7-19)14-18-15(21)17(4-3-5-17)20-8-12-23-13-9-20/h3-14H2,1-2H3,(H,18,21). The van der Waals surface area contributed by atoms with E-state index >= 15 is 0 Å². The minimum Gasteiger partial charge on any atom is -0.379 e. The van der Waals surface area contributed by atoms with Gasteiger partial charge in [0.1, 0.15) is 5.54 Å². The molecule has 0 aromatic heterocycles. The smallest absolute Gasteiger partial charge is 0.240 e. The highest BCUT2D eigenvalue weighted by Crippen LogP contribution is 2.38. The van der Waals surface area contributed by atoms with Gasteiger partial charge >= 0.3 is 0 Å². The summed E-state index contributed by atoms with van der Waals surface area (Å²) in [5.74, 6) is 0.215. The first-order valence-electron chi connectivity index (χ1n) is 8.99. The molecule has 6 nitrogen and oxygen atoms in total. The van der Waals surface area contributed by atoms with E-state index in [0.717, 1.165) is 71.9 Å². The van der Waals surface area contributed by atoms with Crippen molar-refractivity contribution in [2.24, 2.45) is 0 Å². The minimum atomic E-state index is -0.273. The van der Waals surface area contributed by atoms with Crippen LogP contribution in [-0.4, -0.2) is 85.9 Å². The summed E-state index contributed by atoms with van der Waals surface area (Å²) in [6.07, 6.45) is 3.12. The average Bonchev–Trinajstić information content (AvgIpc) is 2.54. The van der Waals surface area contributed by atoms with Gasteiger partial charge in [-0.05, 0) is 33.1 Å². The summed E-state index contributed by atoms with van der Waals surface area (Å²) < 4.78 is 10.9. The van der Waals surface area contributed by atoms with Crippen LogP contribution in [0.3, 0.4) is 0 Å². The Balaban J connectivity index is 1.56. The molecule has 0 aromatic carbocycles. The molecule has 3 aliphatic rings. The second-order valence-electron chi connectivity index (χ2n) is 7.58. The monoisotopic (exact) mass is 325 g/mol. The third kappa shape index (κ3) is 3.55. The van der Waals surface area contributed by atoms with E-state index in [-0.39, 0.29) is 17.0 Å². The number of amides is 1. The van der Waals surface area contributed by atoms with E-state index < -0.39 is 0 Å². The number of rotatable bonds is 5. The summed E-state index contributed by atoms with van der Waals surface area (Å²) in [4.78, 5) is 17.7. The average molecular weight is 325 g/mol. The van der Waals surface area contributed by atoms with E-state index in [2.05, 4.69) is 29.0 Å². The van der Waals surface area contributed by atoms with Crippen LogP contribution in [0.5, 0.6) is 0 Å². The zero-order chi connectivity index (χ0) is 16.3.